The Kier molecular flexibility index (Phi) is 8.35. The van der Waals surface area contributed by atoms with E-state index in [9.17, 15) is 20.4 Å². The summed E-state index contributed by atoms with van der Waals surface area (Å²) in [4.78, 5) is 0. The van der Waals surface area contributed by atoms with Crippen molar-refractivity contribution in [3.63, 3.8) is 0 Å². The third-order valence-electron chi connectivity index (χ3n) is 6.20. The van der Waals surface area contributed by atoms with Gasteiger partial charge in [-0.05, 0) is 0 Å². The molecule has 186 valence electrons. The first kappa shape index (κ1) is 24.6. The molecule has 0 amide bonds. The van der Waals surface area contributed by atoms with Gasteiger partial charge in [-0.25, -0.2) is 0 Å². The van der Waals surface area contributed by atoms with E-state index < -0.39 is 61.2 Å². The number of aliphatic hydroxyl groups excluding tert-OH is 4. The molecule has 12 atom stereocenters. The van der Waals surface area contributed by atoms with Crippen LogP contribution in [0, 0.1) is 5.92 Å². The highest BCUT2D eigenvalue weighted by Crippen LogP contribution is 2.32. The Labute approximate surface area is 186 Å². The van der Waals surface area contributed by atoms with Crippen molar-refractivity contribution in [3.8, 4) is 0 Å². The van der Waals surface area contributed by atoms with Crippen LogP contribution >= 0.6 is 0 Å². The zero-order chi connectivity index (χ0) is 22.8. The first-order valence-corrected chi connectivity index (χ1v) is 11.0. The second-order valence-corrected chi connectivity index (χ2v) is 8.73. The molecule has 0 aliphatic carbocycles. The lowest BCUT2D eigenvalue weighted by Gasteiger charge is -2.46. The van der Waals surface area contributed by atoms with Crippen molar-refractivity contribution in [1.82, 2.24) is 0 Å². The standard InChI is InChI=1S/C20H34O12/c1-9-12(7-26-3-10-5-28-10)30-20(16(23)14(9)21)32-18-13(8-27-4-11-6-29-11)31-19(25-2)17(24)15(18)22/h9-24H,3-8H2,1-2H3/t9-,10?,11?,12?,13?,14+,15?,16?,17?,18-,19-,20+/m1/s1. The Bertz CT molecular complexity index is 587. The fourth-order valence-electron chi connectivity index (χ4n) is 3.89. The summed E-state index contributed by atoms with van der Waals surface area (Å²) in [6.07, 6.45) is -10.1. The SMILES string of the molecule is CO[C@@H]1OC(COCC2CO2)[C@@H](O[C@@H]2OC(COCC3CO3)[C@@H](C)[C@H](O)C2O)C(O)C1O. The Hall–Kier alpha value is -0.480. The molecule has 0 aromatic rings. The Morgan fingerprint density at radius 1 is 0.719 bits per heavy atom. The predicted octanol–water partition coefficient (Wildman–Crippen LogP) is -2.62. The minimum absolute atomic E-state index is 0.0316. The second kappa shape index (κ2) is 10.8. The molecule has 4 heterocycles. The molecule has 7 unspecified atom stereocenters. The maximum Gasteiger partial charge on any atom is 0.187 e. The van der Waals surface area contributed by atoms with E-state index in [4.69, 9.17) is 37.9 Å². The fraction of sp³-hybridized carbons (Fsp3) is 1.00. The van der Waals surface area contributed by atoms with E-state index in [1.165, 1.54) is 7.11 Å². The highest BCUT2D eigenvalue weighted by molar-refractivity contribution is 4.93. The smallest absolute Gasteiger partial charge is 0.187 e. The topological polar surface area (TPSA) is 161 Å². The molecule has 0 aromatic carbocycles. The lowest BCUT2D eigenvalue weighted by Crippen LogP contribution is -2.63. The van der Waals surface area contributed by atoms with Crippen molar-refractivity contribution < 1.29 is 58.3 Å². The van der Waals surface area contributed by atoms with Gasteiger partial charge in [0.05, 0.1) is 51.8 Å². The molecule has 4 aliphatic heterocycles. The molecule has 4 saturated heterocycles. The van der Waals surface area contributed by atoms with Crippen LogP contribution in [0.2, 0.25) is 0 Å². The van der Waals surface area contributed by atoms with Crippen LogP contribution in [0.3, 0.4) is 0 Å². The minimum atomic E-state index is -1.41. The average molecular weight is 466 g/mol. The largest absolute Gasteiger partial charge is 0.390 e. The van der Waals surface area contributed by atoms with E-state index in [0.29, 0.717) is 26.4 Å². The summed E-state index contributed by atoms with van der Waals surface area (Å²) in [6.45, 7) is 4.01. The number of rotatable bonds is 11. The van der Waals surface area contributed by atoms with Crippen LogP contribution in [0.5, 0.6) is 0 Å². The molecular formula is C20H34O12. The van der Waals surface area contributed by atoms with E-state index in [1.54, 1.807) is 6.92 Å². The van der Waals surface area contributed by atoms with Gasteiger partial charge in [-0.2, -0.15) is 0 Å². The quantitative estimate of drug-likeness (QED) is 0.235. The molecule has 12 nitrogen and oxygen atoms in total. The minimum Gasteiger partial charge on any atom is -0.390 e. The van der Waals surface area contributed by atoms with Crippen LogP contribution in [0.15, 0.2) is 0 Å². The number of epoxide rings is 2. The van der Waals surface area contributed by atoms with Crippen LogP contribution in [0.1, 0.15) is 6.92 Å². The van der Waals surface area contributed by atoms with Gasteiger partial charge in [0.15, 0.2) is 12.6 Å². The van der Waals surface area contributed by atoms with E-state index in [2.05, 4.69) is 0 Å². The van der Waals surface area contributed by atoms with Crippen LogP contribution in [0.25, 0.3) is 0 Å². The van der Waals surface area contributed by atoms with Crippen LogP contribution in [-0.2, 0) is 37.9 Å². The van der Waals surface area contributed by atoms with Crippen LogP contribution in [-0.4, -0.2) is 135 Å². The third kappa shape index (κ3) is 5.95. The van der Waals surface area contributed by atoms with Gasteiger partial charge >= 0.3 is 0 Å². The monoisotopic (exact) mass is 466 g/mol. The highest BCUT2D eigenvalue weighted by Gasteiger charge is 2.50. The van der Waals surface area contributed by atoms with E-state index in [-0.39, 0.29) is 25.4 Å². The van der Waals surface area contributed by atoms with Crippen molar-refractivity contribution >= 4 is 0 Å². The van der Waals surface area contributed by atoms with Crippen molar-refractivity contribution in [2.24, 2.45) is 5.92 Å². The number of aliphatic hydroxyl groups is 4. The molecular weight excluding hydrogens is 432 g/mol. The molecule has 0 bridgehead atoms. The van der Waals surface area contributed by atoms with Gasteiger partial charge < -0.3 is 58.3 Å². The summed E-state index contributed by atoms with van der Waals surface area (Å²) in [7, 11) is 1.35. The molecule has 0 spiro atoms. The Balaban J connectivity index is 1.39. The summed E-state index contributed by atoms with van der Waals surface area (Å²) in [6, 6.07) is 0. The number of hydrogen-bond acceptors (Lipinski definition) is 12. The van der Waals surface area contributed by atoms with Crippen molar-refractivity contribution in [3.05, 3.63) is 0 Å². The Morgan fingerprint density at radius 2 is 1.25 bits per heavy atom. The van der Waals surface area contributed by atoms with E-state index in [0.717, 1.165) is 0 Å². The molecule has 12 heteroatoms. The third-order valence-corrected chi connectivity index (χ3v) is 6.20. The summed E-state index contributed by atoms with van der Waals surface area (Å²) < 4.78 is 44.0. The van der Waals surface area contributed by atoms with Gasteiger partial charge in [0.25, 0.3) is 0 Å². The highest BCUT2D eigenvalue weighted by atomic mass is 16.7. The average Bonchev–Trinajstić information content (AvgIpc) is 3.70. The van der Waals surface area contributed by atoms with Gasteiger partial charge in [0.1, 0.15) is 42.7 Å². The van der Waals surface area contributed by atoms with Gasteiger partial charge in [-0.15, -0.1) is 0 Å². The number of hydrogen-bond donors (Lipinski definition) is 4. The first-order chi connectivity index (χ1) is 15.4. The van der Waals surface area contributed by atoms with Crippen LogP contribution in [0.4, 0.5) is 0 Å². The lowest BCUT2D eigenvalue weighted by atomic mass is 9.90. The van der Waals surface area contributed by atoms with Crippen LogP contribution < -0.4 is 0 Å². The molecule has 4 rings (SSSR count). The summed E-state index contributed by atoms with van der Waals surface area (Å²) >= 11 is 0. The number of ether oxygens (including phenoxy) is 8. The van der Waals surface area contributed by atoms with Gasteiger partial charge in [-0.3, -0.25) is 0 Å². The number of methoxy groups -OCH3 is 1. The molecule has 4 aliphatic rings. The summed E-state index contributed by atoms with van der Waals surface area (Å²) in [5.41, 5.74) is 0. The van der Waals surface area contributed by atoms with E-state index >= 15 is 0 Å². The van der Waals surface area contributed by atoms with Crippen molar-refractivity contribution in [2.45, 2.75) is 74.4 Å². The van der Waals surface area contributed by atoms with Gasteiger partial charge in [-0.1, -0.05) is 6.92 Å². The Morgan fingerprint density at radius 3 is 1.81 bits per heavy atom. The van der Waals surface area contributed by atoms with Crippen molar-refractivity contribution in [1.29, 1.82) is 0 Å². The maximum absolute atomic E-state index is 10.7. The predicted molar refractivity (Wildman–Crippen MR) is 104 cm³/mol. The second-order valence-electron chi connectivity index (χ2n) is 8.73. The van der Waals surface area contributed by atoms with E-state index in [1.807, 2.05) is 0 Å². The summed E-state index contributed by atoms with van der Waals surface area (Å²) in [5, 5.41) is 42.1. The molecule has 0 saturated carbocycles. The first-order valence-electron chi connectivity index (χ1n) is 11.0. The van der Waals surface area contributed by atoms with Gasteiger partial charge in [0.2, 0.25) is 0 Å². The zero-order valence-corrected chi connectivity index (χ0v) is 18.2. The van der Waals surface area contributed by atoms with Gasteiger partial charge in [0, 0.05) is 13.0 Å². The maximum atomic E-state index is 10.7. The summed E-state index contributed by atoms with van der Waals surface area (Å²) in [5.74, 6) is -0.418. The lowest BCUT2D eigenvalue weighted by molar-refractivity contribution is -0.354. The molecule has 4 N–H and O–H groups in total. The molecule has 4 fully saturated rings. The molecule has 0 aromatic heterocycles. The molecule has 32 heavy (non-hydrogen) atoms. The fourth-order valence-corrected chi connectivity index (χ4v) is 3.89. The zero-order valence-electron chi connectivity index (χ0n) is 18.2. The normalized spacial score (nSPS) is 48.6. The molecule has 0 radical (unpaired) electrons. The van der Waals surface area contributed by atoms with Crippen molar-refractivity contribution in [2.75, 3.05) is 46.8 Å².